The highest BCUT2D eigenvalue weighted by Crippen LogP contribution is 2.40. The molecule has 0 bridgehead atoms. The number of rotatable bonds is 3. The van der Waals surface area contributed by atoms with Gasteiger partial charge in [-0.25, -0.2) is 4.39 Å². The Morgan fingerprint density at radius 2 is 1.74 bits per heavy atom. The van der Waals surface area contributed by atoms with Crippen molar-refractivity contribution in [3.05, 3.63) is 76.4 Å². The maximum Gasteiger partial charge on any atom is 0.256 e. The summed E-state index contributed by atoms with van der Waals surface area (Å²) in [7, 11) is 0. The van der Waals surface area contributed by atoms with E-state index in [9.17, 15) is 14.0 Å². The zero-order valence-corrected chi connectivity index (χ0v) is 20.3. The molecule has 35 heavy (non-hydrogen) atoms. The predicted molar refractivity (Wildman–Crippen MR) is 137 cm³/mol. The molecular weight excluding hydrogens is 443 g/mol. The van der Waals surface area contributed by atoms with Crippen LogP contribution in [-0.4, -0.2) is 46.9 Å². The van der Waals surface area contributed by atoms with Gasteiger partial charge in [-0.1, -0.05) is 24.3 Å². The summed E-state index contributed by atoms with van der Waals surface area (Å²) in [6.07, 6.45) is 1.82. The number of anilines is 1. The number of carbonyl (C=O) groups excluding carboxylic acids is 2. The van der Waals surface area contributed by atoms with Gasteiger partial charge in [-0.05, 0) is 68.7 Å². The number of carbonyl (C=O) groups is 2. The molecule has 7 heteroatoms. The molecule has 2 atom stereocenters. The maximum absolute atomic E-state index is 13.5. The molecule has 6 nitrogen and oxygen atoms in total. The SMILES string of the molecule is Cc1[nH]c(/C=C2\C(=O)Nc3cccc(-c4ccc(F)cc4)c32)c(C)c1C(=O)N1C[C@@H](C)N[C@@H](C)C1. The lowest BCUT2D eigenvalue weighted by molar-refractivity contribution is -0.110. The first-order valence-electron chi connectivity index (χ1n) is 11.9. The number of H-pyrrole nitrogens is 1. The van der Waals surface area contributed by atoms with Crippen LogP contribution in [0.3, 0.4) is 0 Å². The van der Waals surface area contributed by atoms with E-state index in [0.29, 0.717) is 29.9 Å². The number of piperazine rings is 1. The van der Waals surface area contributed by atoms with Crippen LogP contribution in [0, 0.1) is 19.7 Å². The van der Waals surface area contributed by atoms with Gasteiger partial charge in [0.2, 0.25) is 0 Å². The van der Waals surface area contributed by atoms with Gasteiger partial charge in [-0.2, -0.15) is 0 Å². The molecule has 2 aliphatic heterocycles. The Labute approximate surface area is 204 Å². The summed E-state index contributed by atoms with van der Waals surface area (Å²) in [5, 5.41) is 6.39. The van der Waals surface area contributed by atoms with Crippen molar-refractivity contribution >= 4 is 29.2 Å². The van der Waals surface area contributed by atoms with Crippen molar-refractivity contribution in [2.24, 2.45) is 0 Å². The predicted octanol–water partition coefficient (Wildman–Crippen LogP) is 4.75. The van der Waals surface area contributed by atoms with E-state index >= 15 is 0 Å². The number of aromatic nitrogens is 1. The van der Waals surface area contributed by atoms with Crippen LogP contribution >= 0.6 is 0 Å². The molecule has 1 aromatic heterocycles. The summed E-state index contributed by atoms with van der Waals surface area (Å²) in [5.41, 5.74) is 6.64. The van der Waals surface area contributed by atoms with Crippen LogP contribution in [0.1, 0.15) is 46.7 Å². The monoisotopic (exact) mass is 472 g/mol. The van der Waals surface area contributed by atoms with Gasteiger partial charge in [-0.15, -0.1) is 0 Å². The molecule has 0 radical (unpaired) electrons. The molecule has 2 amide bonds. The van der Waals surface area contributed by atoms with Gasteiger partial charge in [0.05, 0.1) is 11.1 Å². The fourth-order valence-electron chi connectivity index (χ4n) is 5.29. The van der Waals surface area contributed by atoms with Crippen molar-refractivity contribution in [1.29, 1.82) is 0 Å². The molecule has 1 saturated heterocycles. The minimum atomic E-state index is -0.311. The van der Waals surface area contributed by atoms with Crippen molar-refractivity contribution in [1.82, 2.24) is 15.2 Å². The Kier molecular flexibility index (Phi) is 5.81. The van der Waals surface area contributed by atoms with Crippen molar-refractivity contribution in [2.45, 2.75) is 39.8 Å². The van der Waals surface area contributed by atoms with Gasteiger partial charge in [0, 0.05) is 47.8 Å². The average molecular weight is 473 g/mol. The summed E-state index contributed by atoms with van der Waals surface area (Å²) >= 11 is 0. The standard InChI is InChI=1S/C28H29FN4O2/c1-15-13-33(14-16(2)30-15)28(35)25-17(3)24(31-18(25)4)12-22-26-21(19-8-10-20(29)11-9-19)6-5-7-23(26)32-27(22)34/h5-12,15-16,30-31H,13-14H2,1-4H3,(H,32,34)/b22-12-/t15-,16+. The smallest absolute Gasteiger partial charge is 0.256 e. The van der Waals surface area contributed by atoms with Crippen LogP contribution < -0.4 is 10.6 Å². The number of aryl methyl sites for hydroxylation is 1. The fraction of sp³-hybridized carbons (Fsp3) is 0.286. The lowest BCUT2D eigenvalue weighted by atomic mass is 9.94. The molecule has 3 aromatic rings. The van der Waals surface area contributed by atoms with Gasteiger partial charge in [0.25, 0.3) is 11.8 Å². The summed E-state index contributed by atoms with van der Waals surface area (Å²) in [6, 6.07) is 12.4. The van der Waals surface area contributed by atoms with E-state index in [0.717, 1.165) is 33.6 Å². The number of nitrogens with one attached hydrogen (secondary N) is 3. The number of nitrogens with zero attached hydrogens (tertiary/aromatic N) is 1. The van der Waals surface area contributed by atoms with Crippen LogP contribution in [0.2, 0.25) is 0 Å². The molecule has 3 N–H and O–H groups in total. The van der Waals surface area contributed by atoms with Crippen molar-refractivity contribution < 1.29 is 14.0 Å². The van der Waals surface area contributed by atoms with Gasteiger partial charge in [-0.3, -0.25) is 9.59 Å². The van der Waals surface area contributed by atoms with Crippen molar-refractivity contribution in [2.75, 3.05) is 18.4 Å². The highest BCUT2D eigenvalue weighted by Gasteiger charge is 2.31. The number of benzene rings is 2. The van der Waals surface area contributed by atoms with E-state index in [2.05, 4.69) is 29.5 Å². The van der Waals surface area contributed by atoms with Crippen LogP contribution in [0.15, 0.2) is 42.5 Å². The third-order valence-electron chi connectivity index (χ3n) is 6.81. The lowest BCUT2D eigenvalue weighted by Gasteiger charge is -2.36. The number of hydrogen-bond acceptors (Lipinski definition) is 3. The Hall–Kier alpha value is -3.71. The second-order valence-corrected chi connectivity index (χ2v) is 9.59. The Bertz CT molecular complexity index is 1350. The summed E-state index contributed by atoms with van der Waals surface area (Å²) < 4.78 is 13.5. The van der Waals surface area contributed by atoms with Crippen LogP contribution in [0.5, 0.6) is 0 Å². The van der Waals surface area contributed by atoms with Crippen LogP contribution in [0.4, 0.5) is 10.1 Å². The number of amides is 2. The quantitative estimate of drug-likeness (QED) is 0.482. The van der Waals surface area contributed by atoms with Crippen molar-refractivity contribution in [3.8, 4) is 11.1 Å². The number of halogens is 1. The van der Waals surface area contributed by atoms with E-state index in [1.807, 2.05) is 43.0 Å². The maximum atomic E-state index is 13.5. The number of fused-ring (bicyclic) bond motifs is 1. The Morgan fingerprint density at radius 1 is 1.06 bits per heavy atom. The van der Waals surface area contributed by atoms with Gasteiger partial charge < -0.3 is 20.5 Å². The van der Waals surface area contributed by atoms with E-state index < -0.39 is 0 Å². The van der Waals surface area contributed by atoms with Crippen molar-refractivity contribution in [3.63, 3.8) is 0 Å². The highest BCUT2D eigenvalue weighted by molar-refractivity contribution is 6.36. The summed E-state index contributed by atoms with van der Waals surface area (Å²) in [4.78, 5) is 31.7. The lowest BCUT2D eigenvalue weighted by Crippen LogP contribution is -2.55. The Morgan fingerprint density at radius 3 is 2.43 bits per heavy atom. The van der Waals surface area contributed by atoms with E-state index in [1.165, 1.54) is 12.1 Å². The first-order valence-corrected chi connectivity index (χ1v) is 11.9. The first kappa shape index (κ1) is 23.1. The zero-order chi connectivity index (χ0) is 24.9. The molecule has 1 fully saturated rings. The topological polar surface area (TPSA) is 77.2 Å². The minimum absolute atomic E-state index is 0.00405. The summed E-state index contributed by atoms with van der Waals surface area (Å²) in [5.74, 6) is -0.516. The van der Waals surface area contributed by atoms with Crippen LogP contribution in [-0.2, 0) is 4.79 Å². The summed E-state index contributed by atoms with van der Waals surface area (Å²) in [6.45, 7) is 9.28. The normalized spacial score (nSPS) is 20.8. The van der Waals surface area contributed by atoms with Gasteiger partial charge >= 0.3 is 0 Å². The largest absolute Gasteiger partial charge is 0.358 e. The number of hydrogen-bond donors (Lipinski definition) is 3. The molecule has 0 aliphatic carbocycles. The van der Waals surface area contributed by atoms with Gasteiger partial charge in [0.15, 0.2) is 0 Å². The fourth-order valence-corrected chi connectivity index (χ4v) is 5.29. The molecule has 0 saturated carbocycles. The Balaban J connectivity index is 1.55. The molecule has 0 unspecified atom stereocenters. The average Bonchev–Trinajstić information content (AvgIpc) is 3.28. The van der Waals surface area contributed by atoms with E-state index in [1.54, 1.807) is 12.1 Å². The van der Waals surface area contributed by atoms with E-state index in [4.69, 9.17) is 0 Å². The van der Waals surface area contributed by atoms with E-state index in [-0.39, 0.29) is 29.7 Å². The third kappa shape index (κ3) is 4.17. The molecule has 2 aliphatic rings. The molecule has 3 heterocycles. The van der Waals surface area contributed by atoms with Crippen LogP contribution in [0.25, 0.3) is 22.8 Å². The third-order valence-corrected chi connectivity index (χ3v) is 6.81. The second-order valence-electron chi connectivity index (χ2n) is 9.59. The molecule has 5 rings (SSSR count). The molecule has 180 valence electrons. The second kappa shape index (κ2) is 8.82. The van der Waals surface area contributed by atoms with Gasteiger partial charge in [0.1, 0.15) is 5.82 Å². The highest BCUT2D eigenvalue weighted by atomic mass is 19.1. The minimum Gasteiger partial charge on any atom is -0.358 e. The number of aromatic amines is 1. The first-order chi connectivity index (χ1) is 16.7. The zero-order valence-electron chi connectivity index (χ0n) is 20.3. The molecule has 2 aromatic carbocycles. The molecule has 0 spiro atoms. The molecular formula is C28H29FN4O2.